The van der Waals surface area contributed by atoms with Crippen molar-refractivity contribution in [3.05, 3.63) is 51.2 Å². The Bertz CT molecular complexity index is 685. The first-order valence-corrected chi connectivity index (χ1v) is 8.26. The number of carbonyl (C=O) groups excluding carboxylic acids is 2. The third-order valence-electron chi connectivity index (χ3n) is 3.23. The van der Waals surface area contributed by atoms with Crippen LogP contribution in [0.5, 0.6) is 0 Å². The molecule has 5 nitrogen and oxygen atoms in total. The van der Waals surface area contributed by atoms with E-state index in [1.165, 1.54) is 4.88 Å². The SMILES string of the molecule is CN(CCC(=O)Nc1ccc(C(N)=O)cc1)Cc1ccc(Cl)s1. The Balaban J connectivity index is 1.77. The summed E-state index contributed by atoms with van der Waals surface area (Å²) < 4.78 is 0.769. The molecule has 0 radical (unpaired) electrons. The van der Waals surface area contributed by atoms with Crippen molar-refractivity contribution in [3.63, 3.8) is 0 Å². The molecule has 0 bridgehead atoms. The highest BCUT2D eigenvalue weighted by Gasteiger charge is 2.08. The molecular weight excluding hydrogens is 334 g/mol. The van der Waals surface area contributed by atoms with Gasteiger partial charge in [-0.25, -0.2) is 0 Å². The monoisotopic (exact) mass is 351 g/mol. The molecule has 0 unspecified atom stereocenters. The number of primary amides is 1. The summed E-state index contributed by atoms with van der Waals surface area (Å²) in [5, 5.41) is 2.80. The van der Waals surface area contributed by atoms with E-state index in [-0.39, 0.29) is 5.91 Å². The number of rotatable bonds is 7. The van der Waals surface area contributed by atoms with Crippen molar-refractivity contribution in [2.24, 2.45) is 5.73 Å². The molecule has 0 aliphatic heterocycles. The first-order valence-electron chi connectivity index (χ1n) is 7.06. The Hall–Kier alpha value is -1.89. The van der Waals surface area contributed by atoms with E-state index in [1.54, 1.807) is 35.6 Å². The lowest BCUT2D eigenvalue weighted by Gasteiger charge is -2.15. The van der Waals surface area contributed by atoms with Crippen LogP contribution in [0.3, 0.4) is 0 Å². The van der Waals surface area contributed by atoms with E-state index in [1.807, 2.05) is 19.2 Å². The maximum absolute atomic E-state index is 11.9. The summed E-state index contributed by atoms with van der Waals surface area (Å²) in [6, 6.07) is 10.4. The third-order valence-corrected chi connectivity index (χ3v) is 4.44. The van der Waals surface area contributed by atoms with Gasteiger partial charge in [-0.2, -0.15) is 0 Å². The molecule has 3 N–H and O–H groups in total. The van der Waals surface area contributed by atoms with Crippen LogP contribution in [0.1, 0.15) is 21.7 Å². The number of nitrogens with zero attached hydrogens (tertiary/aromatic N) is 1. The molecule has 2 rings (SSSR count). The molecule has 7 heteroatoms. The molecule has 0 spiro atoms. The average Bonchev–Trinajstić information content (AvgIpc) is 2.91. The van der Waals surface area contributed by atoms with Crippen LogP contribution in [0.4, 0.5) is 5.69 Å². The summed E-state index contributed by atoms with van der Waals surface area (Å²) in [6.07, 6.45) is 0.382. The molecule has 23 heavy (non-hydrogen) atoms. The number of halogens is 1. The summed E-state index contributed by atoms with van der Waals surface area (Å²) in [4.78, 5) is 26.2. The number of benzene rings is 1. The lowest BCUT2D eigenvalue weighted by atomic mass is 10.2. The van der Waals surface area contributed by atoms with E-state index in [9.17, 15) is 9.59 Å². The number of amides is 2. The van der Waals surface area contributed by atoms with Gasteiger partial charge in [-0.3, -0.25) is 9.59 Å². The first-order chi connectivity index (χ1) is 10.9. The molecule has 0 saturated carbocycles. The molecule has 0 aliphatic carbocycles. The van der Waals surface area contributed by atoms with Gasteiger partial charge in [-0.15, -0.1) is 11.3 Å². The number of nitrogens with one attached hydrogen (secondary N) is 1. The quantitative estimate of drug-likeness (QED) is 0.805. The topological polar surface area (TPSA) is 75.4 Å². The standard InChI is InChI=1S/C16H18ClN3O2S/c1-20(10-13-6-7-14(17)23-13)9-8-15(21)19-12-4-2-11(3-5-12)16(18)22/h2-7H,8-10H2,1H3,(H2,18,22)(H,19,21). The Morgan fingerprint density at radius 2 is 1.91 bits per heavy atom. The third kappa shape index (κ3) is 5.67. The Morgan fingerprint density at radius 3 is 2.48 bits per heavy atom. The Kier molecular flexibility index (Phi) is 6.15. The van der Waals surface area contributed by atoms with Crippen molar-refractivity contribution in [2.45, 2.75) is 13.0 Å². The van der Waals surface area contributed by atoms with Gasteiger partial charge in [0.05, 0.1) is 4.34 Å². The second kappa shape index (κ2) is 8.10. The second-order valence-corrected chi connectivity index (χ2v) is 6.98. The molecule has 1 heterocycles. The summed E-state index contributed by atoms with van der Waals surface area (Å²) in [5.41, 5.74) is 6.23. The molecular formula is C16H18ClN3O2S. The van der Waals surface area contributed by atoms with E-state index in [4.69, 9.17) is 17.3 Å². The van der Waals surface area contributed by atoms with Gasteiger partial charge in [0.1, 0.15) is 0 Å². The van der Waals surface area contributed by atoms with Crippen LogP contribution in [0.25, 0.3) is 0 Å². The van der Waals surface area contributed by atoms with Gasteiger partial charge in [0.2, 0.25) is 11.8 Å². The summed E-state index contributed by atoms with van der Waals surface area (Å²) in [7, 11) is 1.96. The molecule has 122 valence electrons. The van der Waals surface area contributed by atoms with Crippen LogP contribution < -0.4 is 11.1 Å². The highest BCUT2D eigenvalue weighted by molar-refractivity contribution is 7.16. The smallest absolute Gasteiger partial charge is 0.248 e. The van der Waals surface area contributed by atoms with E-state index < -0.39 is 5.91 Å². The van der Waals surface area contributed by atoms with Crippen molar-refractivity contribution >= 4 is 40.4 Å². The van der Waals surface area contributed by atoms with Gasteiger partial charge in [0.15, 0.2) is 0 Å². The number of anilines is 1. The van der Waals surface area contributed by atoms with Gasteiger partial charge in [0, 0.05) is 35.6 Å². The van der Waals surface area contributed by atoms with Crippen molar-refractivity contribution in [3.8, 4) is 0 Å². The molecule has 2 aromatic rings. The lowest BCUT2D eigenvalue weighted by Crippen LogP contribution is -2.23. The predicted octanol–water partition coefficient (Wildman–Crippen LogP) is 2.96. The minimum atomic E-state index is -0.488. The van der Waals surface area contributed by atoms with Gasteiger partial charge in [0.25, 0.3) is 0 Å². The normalized spacial score (nSPS) is 10.7. The van der Waals surface area contributed by atoms with Crippen LogP contribution in [-0.4, -0.2) is 30.3 Å². The largest absolute Gasteiger partial charge is 0.366 e. The van der Waals surface area contributed by atoms with Crippen molar-refractivity contribution in [1.29, 1.82) is 0 Å². The van der Waals surface area contributed by atoms with Crippen LogP contribution in [-0.2, 0) is 11.3 Å². The van der Waals surface area contributed by atoms with Crippen LogP contribution in [0, 0.1) is 0 Å². The number of hydrogen-bond donors (Lipinski definition) is 2. The van der Waals surface area contributed by atoms with Crippen molar-refractivity contribution < 1.29 is 9.59 Å². The average molecular weight is 352 g/mol. The molecule has 0 fully saturated rings. The summed E-state index contributed by atoms with van der Waals surface area (Å²) in [6.45, 7) is 1.40. The van der Waals surface area contributed by atoms with E-state index in [0.717, 1.165) is 10.9 Å². The lowest BCUT2D eigenvalue weighted by molar-refractivity contribution is -0.116. The van der Waals surface area contributed by atoms with Crippen LogP contribution in [0.15, 0.2) is 36.4 Å². The minimum absolute atomic E-state index is 0.0760. The zero-order chi connectivity index (χ0) is 16.8. The second-order valence-electron chi connectivity index (χ2n) is 5.18. The van der Waals surface area contributed by atoms with E-state index in [0.29, 0.717) is 24.2 Å². The molecule has 0 saturated heterocycles. The zero-order valence-corrected chi connectivity index (χ0v) is 14.3. The summed E-state index contributed by atoms with van der Waals surface area (Å²) >= 11 is 7.44. The number of nitrogens with two attached hydrogens (primary N) is 1. The van der Waals surface area contributed by atoms with Crippen LogP contribution >= 0.6 is 22.9 Å². The molecule has 0 atom stereocenters. The maximum Gasteiger partial charge on any atom is 0.248 e. The van der Waals surface area contributed by atoms with Crippen molar-refractivity contribution in [2.75, 3.05) is 18.9 Å². The molecule has 1 aromatic carbocycles. The fraction of sp³-hybridized carbons (Fsp3) is 0.250. The number of thiophene rings is 1. The number of carbonyl (C=O) groups is 2. The molecule has 0 aliphatic rings. The Morgan fingerprint density at radius 1 is 1.22 bits per heavy atom. The maximum atomic E-state index is 11.9. The molecule has 2 amide bonds. The minimum Gasteiger partial charge on any atom is -0.366 e. The van der Waals surface area contributed by atoms with Gasteiger partial charge < -0.3 is 16.0 Å². The predicted molar refractivity (Wildman–Crippen MR) is 93.9 cm³/mol. The van der Waals surface area contributed by atoms with E-state index >= 15 is 0 Å². The zero-order valence-electron chi connectivity index (χ0n) is 12.7. The highest BCUT2D eigenvalue weighted by Crippen LogP contribution is 2.22. The molecule has 1 aromatic heterocycles. The number of hydrogen-bond acceptors (Lipinski definition) is 4. The summed E-state index contributed by atoms with van der Waals surface area (Å²) in [5.74, 6) is -0.564. The van der Waals surface area contributed by atoms with Gasteiger partial charge in [-0.1, -0.05) is 11.6 Å². The fourth-order valence-corrected chi connectivity index (χ4v) is 3.18. The first kappa shape index (κ1) is 17.5. The van der Waals surface area contributed by atoms with Crippen molar-refractivity contribution in [1.82, 2.24) is 4.90 Å². The fourth-order valence-electron chi connectivity index (χ4n) is 2.02. The van der Waals surface area contributed by atoms with Gasteiger partial charge in [-0.05, 0) is 43.4 Å². The Labute approximate surface area is 144 Å². The van der Waals surface area contributed by atoms with Gasteiger partial charge >= 0.3 is 0 Å². The highest BCUT2D eigenvalue weighted by atomic mass is 35.5. The van der Waals surface area contributed by atoms with E-state index in [2.05, 4.69) is 10.2 Å². The van der Waals surface area contributed by atoms with Crippen LogP contribution in [0.2, 0.25) is 4.34 Å².